The van der Waals surface area contributed by atoms with Gasteiger partial charge in [-0.15, -0.1) is 11.8 Å². The molecule has 1 aliphatic heterocycles. The average molecular weight is 279 g/mol. The molecule has 7 heteroatoms. The van der Waals surface area contributed by atoms with Gasteiger partial charge in [-0.3, -0.25) is 0 Å². The molecule has 0 bridgehead atoms. The summed E-state index contributed by atoms with van der Waals surface area (Å²) < 4.78 is 9.95. The van der Waals surface area contributed by atoms with Gasteiger partial charge in [0.25, 0.3) is 0 Å². The maximum Gasteiger partial charge on any atom is 0.341 e. The van der Waals surface area contributed by atoms with Gasteiger partial charge in [0.1, 0.15) is 11.3 Å². The Kier molecular flexibility index (Phi) is 4.19. The third-order valence-corrected chi connectivity index (χ3v) is 4.04. The van der Waals surface area contributed by atoms with E-state index in [1.165, 1.54) is 14.2 Å². The lowest BCUT2D eigenvalue weighted by Gasteiger charge is -2.23. The molecule has 0 fully saturated rings. The molecule has 6 nitrogen and oxygen atoms in total. The fourth-order valence-electron chi connectivity index (χ4n) is 2.02. The molecular formula is C12H13N3O3S. The monoisotopic (exact) mass is 279 g/mol. The normalized spacial score (nSPS) is 17.1. The van der Waals surface area contributed by atoms with Crippen molar-refractivity contribution in [2.75, 3.05) is 20.0 Å². The number of benzene rings is 1. The zero-order valence-electron chi connectivity index (χ0n) is 10.6. The van der Waals surface area contributed by atoms with E-state index in [4.69, 9.17) is 15.0 Å². The number of rotatable bonds is 3. The minimum absolute atomic E-state index is 0.207. The van der Waals surface area contributed by atoms with Gasteiger partial charge in [-0.1, -0.05) is 5.11 Å². The van der Waals surface area contributed by atoms with E-state index in [0.717, 1.165) is 22.6 Å². The van der Waals surface area contributed by atoms with E-state index in [0.29, 0.717) is 11.3 Å². The number of hydrogen-bond donors (Lipinski definition) is 0. The molecule has 1 aliphatic rings. The van der Waals surface area contributed by atoms with Crippen molar-refractivity contribution in [2.45, 2.75) is 17.4 Å². The second kappa shape index (κ2) is 5.86. The molecule has 1 heterocycles. The molecule has 100 valence electrons. The van der Waals surface area contributed by atoms with Crippen LogP contribution < -0.4 is 4.74 Å². The van der Waals surface area contributed by atoms with Crippen LogP contribution >= 0.6 is 11.8 Å². The molecule has 0 radical (unpaired) electrons. The van der Waals surface area contributed by atoms with Gasteiger partial charge in [-0.25, -0.2) is 4.79 Å². The quantitative estimate of drug-likeness (QED) is 0.367. The van der Waals surface area contributed by atoms with E-state index in [-0.39, 0.29) is 6.04 Å². The van der Waals surface area contributed by atoms with Crippen molar-refractivity contribution < 1.29 is 14.3 Å². The number of fused-ring (bicyclic) bond motifs is 1. The minimum Gasteiger partial charge on any atom is -0.496 e. The highest BCUT2D eigenvalue weighted by Crippen LogP contribution is 2.41. The van der Waals surface area contributed by atoms with E-state index in [9.17, 15) is 4.79 Å². The van der Waals surface area contributed by atoms with Crippen LogP contribution in [0.4, 0.5) is 0 Å². The van der Waals surface area contributed by atoms with Crippen molar-refractivity contribution in [3.63, 3.8) is 0 Å². The largest absolute Gasteiger partial charge is 0.496 e. The third kappa shape index (κ3) is 2.62. The zero-order valence-corrected chi connectivity index (χ0v) is 11.4. The average Bonchev–Trinajstić information content (AvgIpc) is 2.45. The molecule has 1 aromatic rings. The Morgan fingerprint density at radius 1 is 1.53 bits per heavy atom. The highest BCUT2D eigenvalue weighted by atomic mass is 32.2. The van der Waals surface area contributed by atoms with E-state index >= 15 is 0 Å². The number of carbonyl (C=O) groups is 1. The summed E-state index contributed by atoms with van der Waals surface area (Å²) in [6.07, 6.45) is 0.780. The summed E-state index contributed by atoms with van der Waals surface area (Å²) in [6, 6.07) is 3.29. The predicted molar refractivity (Wildman–Crippen MR) is 71.6 cm³/mol. The molecule has 0 saturated carbocycles. The van der Waals surface area contributed by atoms with Gasteiger partial charge in [0.15, 0.2) is 0 Å². The lowest BCUT2D eigenvalue weighted by Crippen LogP contribution is -2.10. The van der Waals surface area contributed by atoms with Crippen LogP contribution in [0.15, 0.2) is 22.1 Å². The number of nitrogens with zero attached hydrogens (tertiary/aromatic N) is 3. The number of esters is 1. The molecule has 0 spiro atoms. The van der Waals surface area contributed by atoms with Crippen molar-refractivity contribution in [2.24, 2.45) is 5.11 Å². The van der Waals surface area contributed by atoms with Crippen LogP contribution in [0.5, 0.6) is 5.75 Å². The first-order valence-corrected chi connectivity index (χ1v) is 6.67. The lowest BCUT2D eigenvalue weighted by molar-refractivity contribution is 0.0596. The van der Waals surface area contributed by atoms with E-state index in [2.05, 4.69) is 10.0 Å². The van der Waals surface area contributed by atoms with Crippen LogP contribution in [0, 0.1) is 0 Å². The van der Waals surface area contributed by atoms with Crippen LogP contribution in [0.2, 0.25) is 0 Å². The van der Waals surface area contributed by atoms with Crippen LogP contribution in [0.25, 0.3) is 10.4 Å². The maximum atomic E-state index is 11.7. The number of thioether (sulfide) groups is 1. The van der Waals surface area contributed by atoms with Gasteiger partial charge in [0, 0.05) is 9.81 Å². The number of hydrogen-bond acceptors (Lipinski definition) is 5. The summed E-state index contributed by atoms with van der Waals surface area (Å²) in [5.41, 5.74) is 9.89. The number of carbonyl (C=O) groups excluding carboxylic acids is 1. The first-order valence-electron chi connectivity index (χ1n) is 5.68. The summed E-state index contributed by atoms with van der Waals surface area (Å²) >= 11 is 1.63. The van der Waals surface area contributed by atoms with Gasteiger partial charge in [0.2, 0.25) is 0 Å². The molecule has 0 N–H and O–H groups in total. The van der Waals surface area contributed by atoms with Gasteiger partial charge >= 0.3 is 5.97 Å². The summed E-state index contributed by atoms with van der Waals surface area (Å²) in [7, 11) is 2.82. The number of ether oxygens (including phenoxy) is 2. The highest BCUT2D eigenvalue weighted by Gasteiger charge is 2.24. The van der Waals surface area contributed by atoms with Crippen molar-refractivity contribution in [3.05, 3.63) is 33.7 Å². The van der Waals surface area contributed by atoms with Gasteiger partial charge < -0.3 is 9.47 Å². The first kappa shape index (κ1) is 13.6. The lowest BCUT2D eigenvalue weighted by atomic mass is 10.0. The molecule has 0 aliphatic carbocycles. The highest BCUT2D eigenvalue weighted by molar-refractivity contribution is 7.99. The minimum atomic E-state index is -0.439. The van der Waals surface area contributed by atoms with Crippen LogP contribution in [0.1, 0.15) is 28.4 Å². The molecule has 0 aromatic heterocycles. The molecule has 2 rings (SSSR count). The fourth-order valence-corrected chi connectivity index (χ4v) is 3.14. The van der Waals surface area contributed by atoms with Crippen LogP contribution in [0.3, 0.4) is 0 Å². The van der Waals surface area contributed by atoms with E-state index in [1.807, 2.05) is 0 Å². The van der Waals surface area contributed by atoms with Gasteiger partial charge in [-0.2, -0.15) is 0 Å². The Labute approximate surface area is 114 Å². The Morgan fingerprint density at radius 2 is 2.32 bits per heavy atom. The Balaban J connectivity index is 2.53. The molecule has 0 unspecified atom stereocenters. The molecule has 1 atom stereocenters. The first-order chi connectivity index (χ1) is 9.21. The number of azide groups is 1. The molecular weight excluding hydrogens is 266 g/mol. The predicted octanol–water partition coefficient (Wildman–Crippen LogP) is 3.33. The van der Waals surface area contributed by atoms with Crippen LogP contribution in [-0.4, -0.2) is 25.9 Å². The standard InChI is InChI=1S/C12H13N3O3S/c1-17-10-5-7-9(14-15-13)3-4-19-11(7)6-8(10)12(16)18-2/h5-6,9H,3-4H2,1-2H3/t9-/m0/s1. The topological polar surface area (TPSA) is 84.3 Å². The summed E-state index contributed by atoms with van der Waals surface area (Å²) in [6.45, 7) is 0. The second-order valence-corrected chi connectivity index (χ2v) is 5.08. The SMILES string of the molecule is COC(=O)c1cc2c(cc1OC)[C@@H](N=[N+]=[N-])CCS2. The van der Waals surface area contributed by atoms with Crippen molar-refractivity contribution >= 4 is 17.7 Å². The Bertz CT molecular complexity index is 555. The summed E-state index contributed by atoms with van der Waals surface area (Å²) in [4.78, 5) is 15.5. The Morgan fingerprint density at radius 3 is 2.95 bits per heavy atom. The third-order valence-electron chi connectivity index (χ3n) is 2.94. The van der Waals surface area contributed by atoms with Crippen molar-refractivity contribution in [3.8, 4) is 5.75 Å². The van der Waals surface area contributed by atoms with Gasteiger partial charge in [0.05, 0.1) is 20.3 Å². The van der Waals surface area contributed by atoms with Crippen LogP contribution in [-0.2, 0) is 4.74 Å². The molecule has 0 amide bonds. The van der Waals surface area contributed by atoms with Crippen molar-refractivity contribution in [1.82, 2.24) is 0 Å². The zero-order chi connectivity index (χ0) is 13.8. The smallest absolute Gasteiger partial charge is 0.341 e. The number of methoxy groups -OCH3 is 2. The summed E-state index contributed by atoms with van der Waals surface area (Å²) in [5.74, 6) is 0.848. The van der Waals surface area contributed by atoms with Crippen molar-refractivity contribution in [1.29, 1.82) is 0 Å². The van der Waals surface area contributed by atoms with Gasteiger partial charge in [-0.05, 0) is 35.4 Å². The van der Waals surface area contributed by atoms with E-state index in [1.54, 1.807) is 23.9 Å². The Hall–Kier alpha value is -1.85. The molecule has 1 aromatic carbocycles. The second-order valence-electron chi connectivity index (χ2n) is 3.94. The molecule has 19 heavy (non-hydrogen) atoms. The maximum absolute atomic E-state index is 11.7. The fraction of sp³-hybridized carbons (Fsp3) is 0.417. The molecule has 0 saturated heterocycles. The van der Waals surface area contributed by atoms with E-state index < -0.39 is 5.97 Å². The summed E-state index contributed by atoms with van der Waals surface area (Å²) in [5, 5.41) is 3.79.